The molecular formula is H5CaLiSmSrTi. The number of hydrogen-bond acceptors (Lipinski definition) is 0. The minimum absolute atomic E-state index is 0. The molecule has 0 aliphatic rings. The zero-order valence-corrected chi connectivity index (χ0v) is 5.09. The molecule has 0 nitrogen and oxygen atoms in total. The van der Waals surface area contributed by atoms with Gasteiger partial charge in [0.15, 0.2) is 0 Å². The third-order valence-corrected chi connectivity index (χ3v) is 0. The second kappa shape index (κ2) is 22.8. The summed E-state index contributed by atoms with van der Waals surface area (Å²) in [5.41, 5.74) is 0. The van der Waals surface area contributed by atoms with Crippen LogP contribution in [0.15, 0.2) is 0 Å². The summed E-state index contributed by atoms with van der Waals surface area (Å²) >= 11 is 0. The Hall–Kier alpha value is 5.39. The largest absolute Gasteiger partial charge is 0 e. The second-order valence-electron chi connectivity index (χ2n) is 0. The van der Waals surface area contributed by atoms with Crippen molar-refractivity contribution in [1.29, 1.82) is 0 Å². The van der Waals surface area contributed by atoms with E-state index in [1.165, 1.54) is 0 Å². The third kappa shape index (κ3) is 17.7. The monoisotopic (exact) mass is 340 g/mol. The van der Waals surface area contributed by atoms with E-state index in [0.29, 0.717) is 0 Å². The maximum atomic E-state index is 0. The van der Waals surface area contributed by atoms with E-state index in [-0.39, 0.29) is 164 Å². The first-order valence-corrected chi connectivity index (χ1v) is 0. The second-order valence-corrected chi connectivity index (χ2v) is 0. The zero-order valence-electron chi connectivity index (χ0n) is 0.908. The molecule has 0 saturated carbocycles. The van der Waals surface area contributed by atoms with Gasteiger partial charge in [0.1, 0.15) is 0 Å². The summed E-state index contributed by atoms with van der Waals surface area (Å²) in [5, 5.41) is 0. The fraction of sp³-hybridized carbons (Fsp3) is 0. The summed E-state index contributed by atoms with van der Waals surface area (Å²) < 4.78 is 0. The van der Waals surface area contributed by atoms with Gasteiger partial charge in [0.2, 0.25) is 0 Å². The van der Waals surface area contributed by atoms with Crippen molar-refractivity contribution >= 4 is 102 Å². The van der Waals surface area contributed by atoms with Crippen LogP contribution in [0.4, 0.5) is 0 Å². The average Bonchev–Trinajstić information content (AvgIpc) is 0. The Labute approximate surface area is 159 Å². The number of rotatable bonds is 0. The first-order valence-electron chi connectivity index (χ1n) is 0. The Kier molecular flexibility index (Phi) is 143. The van der Waals surface area contributed by atoms with Gasteiger partial charge in [0.25, 0.3) is 0 Å². The fourth-order valence-electron chi connectivity index (χ4n) is 0. The van der Waals surface area contributed by atoms with Crippen LogP contribution in [0.25, 0.3) is 0 Å². The van der Waals surface area contributed by atoms with E-state index in [1.54, 1.807) is 0 Å². The summed E-state index contributed by atoms with van der Waals surface area (Å²) in [7, 11) is 0. The molecule has 0 aromatic carbocycles. The molecule has 0 heterocycles. The molecule has 0 radical (unpaired) electrons. The van der Waals surface area contributed by atoms with Crippen molar-refractivity contribution < 1.29 is 62.1 Å². The van der Waals surface area contributed by atoms with Crippen LogP contribution in [0.5, 0.6) is 0 Å². The molecule has 0 amide bonds. The Morgan fingerprint density at radius 3 is 1.00 bits per heavy atom. The molecule has 0 saturated heterocycles. The predicted molar refractivity (Wildman–Crippen MR) is 24.2 cm³/mol. The normalized spacial score (nSPS) is 0. The van der Waals surface area contributed by atoms with E-state index in [2.05, 4.69) is 0 Å². The standard InChI is InChI=1S/Ca.Li.Sm.Sr.Ti.5H. The van der Waals surface area contributed by atoms with Crippen LogP contribution in [0.3, 0.4) is 0 Å². The molecular weight excluding hydrogens is 333 g/mol. The maximum Gasteiger partial charge on any atom is 0 e. The van der Waals surface area contributed by atoms with Gasteiger partial charge in [-0.2, -0.15) is 0 Å². The van der Waals surface area contributed by atoms with Crippen molar-refractivity contribution in [3.8, 4) is 0 Å². The smallest absolute Gasteiger partial charge is 0 e. The molecule has 0 aliphatic carbocycles. The van der Waals surface area contributed by atoms with Gasteiger partial charge in [-0.3, -0.25) is 0 Å². The minimum Gasteiger partial charge on any atom is 0 e. The molecule has 0 atom stereocenters. The molecule has 0 aromatic rings. The zero-order chi connectivity index (χ0) is 0. The predicted octanol–water partition coefficient (Wildman–Crippen LogP) is -2.48. The molecule has 0 rings (SSSR count). The molecule has 0 spiro atoms. The van der Waals surface area contributed by atoms with Gasteiger partial charge in [-0.15, -0.1) is 0 Å². The van der Waals surface area contributed by atoms with Gasteiger partial charge in [0.05, 0.1) is 0 Å². The van der Waals surface area contributed by atoms with Crippen LogP contribution in [-0.4, -0.2) is 102 Å². The van der Waals surface area contributed by atoms with Gasteiger partial charge in [-0.25, -0.2) is 0 Å². The minimum atomic E-state index is 0. The number of hydrogen-bond donors (Lipinski definition) is 0. The molecule has 0 N–H and O–H groups in total. The molecule has 20 valence electrons. The topological polar surface area (TPSA) is 0 Å². The Balaban J connectivity index is 0. The van der Waals surface area contributed by atoms with Crippen LogP contribution in [0.1, 0.15) is 0 Å². The van der Waals surface area contributed by atoms with Crippen LogP contribution < -0.4 is 0 Å². The summed E-state index contributed by atoms with van der Waals surface area (Å²) in [6.45, 7) is 0. The Morgan fingerprint density at radius 1 is 1.00 bits per heavy atom. The van der Waals surface area contributed by atoms with Gasteiger partial charge < -0.3 is 0 Å². The van der Waals surface area contributed by atoms with E-state index in [9.17, 15) is 0 Å². The van der Waals surface area contributed by atoms with Gasteiger partial charge in [-0.1, -0.05) is 0 Å². The van der Waals surface area contributed by atoms with E-state index in [4.69, 9.17) is 0 Å². The summed E-state index contributed by atoms with van der Waals surface area (Å²) in [5.74, 6) is 0. The Morgan fingerprint density at radius 2 is 1.00 bits per heavy atom. The molecule has 0 aromatic heterocycles. The van der Waals surface area contributed by atoms with Crippen molar-refractivity contribution in [2.45, 2.75) is 0 Å². The third-order valence-electron chi connectivity index (χ3n) is 0. The van der Waals surface area contributed by atoms with Crippen molar-refractivity contribution in [1.82, 2.24) is 0 Å². The van der Waals surface area contributed by atoms with Crippen molar-refractivity contribution in [2.24, 2.45) is 0 Å². The first-order chi connectivity index (χ1) is 0. The average molecular weight is 338 g/mol. The van der Waals surface area contributed by atoms with Gasteiger partial charge in [-0.05, 0) is 0 Å². The summed E-state index contributed by atoms with van der Waals surface area (Å²) in [6.07, 6.45) is 0. The van der Waals surface area contributed by atoms with Crippen molar-refractivity contribution in [3.63, 3.8) is 0 Å². The molecule has 5 heteroatoms. The summed E-state index contributed by atoms with van der Waals surface area (Å²) in [6, 6.07) is 0. The first kappa shape index (κ1) is 31.5. The van der Waals surface area contributed by atoms with Crippen LogP contribution in [-0.2, 0) is 21.7 Å². The molecule has 0 aliphatic heterocycles. The van der Waals surface area contributed by atoms with Crippen LogP contribution in [0, 0.1) is 40.4 Å². The molecule has 0 unspecified atom stereocenters. The molecule has 0 bridgehead atoms. The van der Waals surface area contributed by atoms with E-state index >= 15 is 0 Å². The summed E-state index contributed by atoms with van der Waals surface area (Å²) in [4.78, 5) is 0. The van der Waals surface area contributed by atoms with E-state index in [1.807, 2.05) is 0 Å². The maximum absolute atomic E-state index is 0. The fourth-order valence-corrected chi connectivity index (χ4v) is 0. The Bertz CT molecular complexity index is 11.6. The quantitative estimate of drug-likeness (QED) is 0.429. The van der Waals surface area contributed by atoms with Crippen LogP contribution in [0.2, 0.25) is 0 Å². The van der Waals surface area contributed by atoms with Crippen molar-refractivity contribution in [3.05, 3.63) is 0 Å². The van der Waals surface area contributed by atoms with E-state index < -0.39 is 0 Å². The van der Waals surface area contributed by atoms with Crippen LogP contribution >= 0.6 is 0 Å². The van der Waals surface area contributed by atoms with Crippen molar-refractivity contribution in [2.75, 3.05) is 0 Å². The molecule has 5 heavy (non-hydrogen) atoms. The van der Waals surface area contributed by atoms with E-state index in [0.717, 1.165) is 0 Å². The van der Waals surface area contributed by atoms with Gasteiger partial charge >= 0.3 is 102 Å². The van der Waals surface area contributed by atoms with Gasteiger partial charge in [0, 0.05) is 62.1 Å². The molecule has 0 fully saturated rings. The SMILES string of the molecule is [CaH2].[LiH].[Sm].[SrH2].[Ti].